The molecule has 35 heavy (non-hydrogen) atoms. The van der Waals surface area contributed by atoms with E-state index < -0.39 is 22.2 Å². The molecule has 0 saturated carbocycles. The third-order valence-electron chi connectivity index (χ3n) is 4.62. The highest BCUT2D eigenvalue weighted by Gasteiger charge is 2.38. The minimum absolute atomic E-state index is 0.195. The molecule has 1 aromatic carbocycles. The molecule has 194 valence electrons. The Kier molecular flexibility index (Phi) is 9.92. The first-order valence-electron chi connectivity index (χ1n) is 10.6. The number of alkyl halides is 3. The van der Waals surface area contributed by atoms with Crippen molar-refractivity contribution in [2.75, 3.05) is 42.3 Å². The van der Waals surface area contributed by atoms with Gasteiger partial charge in [-0.15, -0.1) is 11.3 Å². The molecule has 2 aromatic rings. The molecule has 9 nitrogen and oxygen atoms in total. The number of nitrogens with zero attached hydrogens (tertiary/aromatic N) is 1. The minimum atomic E-state index is -5.08. The van der Waals surface area contributed by atoms with Crippen molar-refractivity contribution in [3.63, 3.8) is 0 Å². The summed E-state index contributed by atoms with van der Waals surface area (Å²) >= 11 is 1.15. The van der Waals surface area contributed by atoms with E-state index in [1.54, 1.807) is 29.6 Å². The average molecular weight is 537 g/mol. The number of benzene rings is 1. The second kappa shape index (κ2) is 12.2. The van der Waals surface area contributed by atoms with Crippen molar-refractivity contribution in [1.82, 2.24) is 10.6 Å². The third-order valence-corrected chi connectivity index (χ3v) is 7.40. The van der Waals surface area contributed by atoms with E-state index in [1.807, 2.05) is 19.9 Å². The second-order valence-electron chi connectivity index (χ2n) is 7.91. The van der Waals surface area contributed by atoms with Crippen LogP contribution in [0.2, 0.25) is 0 Å². The predicted molar refractivity (Wildman–Crippen MR) is 128 cm³/mol. The first kappa shape index (κ1) is 28.4. The Morgan fingerprint density at radius 2 is 1.83 bits per heavy atom. The van der Waals surface area contributed by atoms with Crippen molar-refractivity contribution < 1.29 is 36.3 Å². The molecule has 3 rings (SSSR count). The standard InChI is InChI=1S/C19H26N4O3S2.C2HF3O2/c1-14(2)13-21-19(24)16-12-15(22-28(25,26)18-4-3-11-27-18)5-6-17(16)23-9-7-20-8-10-23;3-2(4,5)1(6)7/h3-6,11-12,14,20,22H,7-10,13H2,1-2H3,(H,21,24);(H,6,7). The topological polar surface area (TPSA) is 128 Å². The zero-order valence-corrected chi connectivity index (χ0v) is 20.7. The summed E-state index contributed by atoms with van der Waals surface area (Å²) in [5, 5.41) is 15.1. The lowest BCUT2D eigenvalue weighted by molar-refractivity contribution is -0.192. The summed E-state index contributed by atoms with van der Waals surface area (Å²) in [5.74, 6) is -2.63. The van der Waals surface area contributed by atoms with Crippen molar-refractivity contribution in [3.8, 4) is 0 Å². The van der Waals surface area contributed by atoms with Gasteiger partial charge in [-0.25, -0.2) is 13.2 Å². The molecule has 0 bridgehead atoms. The van der Waals surface area contributed by atoms with Crippen LogP contribution in [0, 0.1) is 5.92 Å². The maximum absolute atomic E-state index is 12.8. The summed E-state index contributed by atoms with van der Waals surface area (Å²) in [4.78, 5) is 23.9. The Morgan fingerprint density at radius 3 is 2.34 bits per heavy atom. The molecule has 1 fully saturated rings. The molecular formula is C21H27F3N4O5S2. The van der Waals surface area contributed by atoms with Crippen LogP contribution in [0.25, 0.3) is 0 Å². The maximum Gasteiger partial charge on any atom is 0.490 e. The van der Waals surface area contributed by atoms with Gasteiger partial charge in [0.15, 0.2) is 0 Å². The van der Waals surface area contributed by atoms with Crippen LogP contribution < -0.4 is 20.3 Å². The van der Waals surface area contributed by atoms with Gasteiger partial charge in [0, 0.05) is 44.1 Å². The van der Waals surface area contributed by atoms with E-state index in [0.717, 1.165) is 43.2 Å². The lowest BCUT2D eigenvalue weighted by Crippen LogP contribution is -2.44. The molecule has 4 N–H and O–H groups in total. The van der Waals surface area contributed by atoms with Gasteiger partial charge in [-0.2, -0.15) is 13.2 Å². The van der Waals surface area contributed by atoms with Crippen molar-refractivity contribution in [3.05, 3.63) is 41.3 Å². The molecule has 0 radical (unpaired) electrons. The van der Waals surface area contributed by atoms with Crippen molar-refractivity contribution in [1.29, 1.82) is 0 Å². The highest BCUT2D eigenvalue weighted by Crippen LogP contribution is 2.27. The van der Waals surface area contributed by atoms with Crippen LogP contribution in [0.1, 0.15) is 24.2 Å². The summed E-state index contributed by atoms with van der Waals surface area (Å²) in [6.45, 7) is 7.91. The van der Waals surface area contributed by atoms with E-state index in [1.165, 1.54) is 0 Å². The summed E-state index contributed by atoms with van der Waals surface area (Å²) in [6.07, 6.45) is -5.08. The van der Waals surface area contributed by atoms with Gasteiger partial charge in [-0.05, 0) is 35.6 Å². The van der Waals surface area contributed by atoms with Crippen LogP contribution in [0.5, 0.6) is 0 Å². The zero-order valence-electron chi connectivity index (χ0n) is 19.1. The molecule has 14 heteroatoms. The summed E-state index contributed by atoms with van der Waals surface area (Å²) in [6, 6.07) is 8.40. The number of hydrogen-bond acceptors (Lipinski definition) is 7. The molecule has 1 saturated heterocycles. The number of hydrogen-bond donors (Lipinski definition) is 4. The van der Waals surface area contributed by atoms with Crippen LogP contribution in [0.15, 0.2) is 39.9 Å². The monoisotopic (exact) mass is 536 g/mol. The zero-order chi connectivity index (χ0) is 26.2. The van der Waals surface area contributed by atoms with Crippen molar-refractivity contribution in [2.45, 2.75) is 24.2 Å². The number of rotatable bonds is 7. The second-order valence-corrected chi connectivity index (χ2v) is 10.8. The van der Waals surface area contributed by atoms with Gasteiger partial charge in [-0.3, -0.25) is 9.52 Å². The molecular weight excluding hydrogens is 509 g/mol. The molecule has 0 spiro atoms. The number of carbonyl (C=O) groups excluding carboxylic acids is 1. The Balaban J connectivity index is 0.000000540. The van der Waals surface area contributed by atoms with Gasteiger partial charge in [-0.1, -0.05) is 19.9 Å². The van der Waals surface area contributed by atoms with Crippen molar-refractivity contribution in [2.24, 2.45) is 5.92 Å². The van der Waals surface area contributed by atoms with Crippen molar-refractivity contribution >= 4 is 44.6 Å². The van der Waals surface area contributed by atoms with E-state index in [-0.39, 0.29) is 10.1 Å². The molecule has 1 aliphatic heterocycles. The fourth-order valence-electron chi connectivity index (χ4n) is 2.98. The number of aliphatic carboxylic acids is 1. The number of carboxylic acid groups (broad SMARTS) is 1. The summed E-state index contributed by atoms with van der Waals surface area (Å²) in [5.41, 5.74) is 1.68. The number of carbonyl (C=O) groups is 2. The van der Waals surface area contributed by atoms with E-state index >= 15 is 0 Å². The molecule has 0 unspecified atom stereocenters. The Morgan fingerprint density at radius 1 is 1.20 bits per heavy atom. The molecule has 1 aromatic heterocycles. The van der Waals surface area contributed by atoms with Gasteiger partial charge in [0.1, 0.15) is 4.21 Å². The largest absolute Gasteiger partial charge is 0.490 e. The number of piperazine rings is 1. The number of nitrogens with one attached hydrogen (secondary N) is 3. The molecule has 1 amide bonds. The number of sulfonamides is 1. The number of anilines is 2. The van der Waals surface area contributed by atoms with Gasteiger partial charge in [0.05, 0.1) is 5.56 Å². The van der Waals surface area contributed by atoms with E-state index in [4.69, 9.17) is 9.90 Å². The number of carboxylic acids is 1. The lowest BCUT2D eigenvalue weighted by Gasteiger charge is -2.31. The van der Waals surface area contributed by atoms with Gasteiger partial charge >= 0.3 is 12.1 Å². The summed E-state index contributed by atoms with van der Waals surface area (Å²) in [7, 11) is -3.66. The van der Waals surface area contributed by atoms with Gasteiger partial charge < -0.3 is 20.6 Å². The quantitative estimate of drug-likeness (QED) is 0.428. The Bertz CT molecular complexity index is 1100. The maximum atomic E-state index is 12.8. The van der Waals surface area contributed by atoms with Crippen LogP contribution >= 0.6 is 11.3 Å². The Hall–Kier alpha value is -2.84. The van der Waals surface area contributed by atoms with E-state index in [2.05, 4.69) is 20.3 Å². The van der Waals surface area contributed by atoms with E-state index in [9.17, 15) is 26.4 Å². The summed E-state index contributed by atoms with van der Waals surface area (Å²) < 4.78 is 59.6. The molecule has 0 atom stereocenters. The van der Waals surface area contributed by atoms with Crippen LogP contribution in [-0.2, 0) is 14.8 Å². The van der Waals surface area contributed by atoms with Crippen LogP contribution in [-0.4, -0.2) is 64.3 Å². The predicted octanol–water partition coefficient (Wildman–Crippen LogP) is 2.98. The fourth-order valence-corrected chi connectivity index (χ4v) is 5.02. The number of thiophene rings is 1. The number of amides is 1. The molecule has 0 aliphatic carbocycles. The highest BCUT2D eigenvalue weighted by atomic mass is 32.2. The Labute approximate surface area is 205 Å². The smallest absolute Gasteiger partial charge is 0.475 e. The SMILES string of the molecule is CC(C)CNC(=O)c1cc(NS(=O)(=O)c2cccs2)ccc1N1CCNCC1.O=C(O)C(F)(F)F. The first-order chi connectivity index (χ1) is 16.3. The first-order valence-corrected chi connectivity index (χ1v) is 12.9. The van der Waals surface area contributed by atoms with Crippen LogP contribution in [0.3, 0.4) is 0 Å². The molecule has 2 heterocycles. The van der Waals surface area contributed by atoms with Crippen LogP contribution in [0.4, 0.5) is 24.5 Å². The molecule has 1 aliphatic rings. The normalized spacial score (nSPS) is 14.2. The lowest BCUT2D eigenvalue weighted by atomic mass is 10.1. The highest BCUT2D eigenvalue weighted by molar-refractivity contribution is 7.94. The third kappa shape index (κ3) is 8.71. The number of halogens is 3. The van der Waals surface area contributed by atoms with E-state index in [0.29, 0.717) is 23.7 Å². The average Bonchev–Trinajstić information content (AvgIpc) is 3.34. The minimum Gasteiger partial charge on any atom is -0.475 e. The fraction of sp³-hybridized carbons (Fsp3) is 0.429. The van der Waals surface area contributed by atoms with Gasteiger partial charge in [0.2, 0.25) is 0 Å². The van der Waals surface area contributed by atoms with Gasteiger partial charge in [0.25, 0.3) is 15.9 Å².